The van der Waals surface area contributed by atoms with Gasteiger partial charge in [0.1, 0.15) is 5.82 Å². The summed E-state index contributed by atoms with van der Waals surface area (Å²) < 4.78 is 13.2. The Morgan fingerprint density at radius 2 is 1.61 bits per heavy atom. The zero-order chi connectivity index (χ0) is 13.8. The second-order valence-electron chi connectivity index (χ2n) is 6.15. The number of unbranched alkanes of at least 4 members (excludes halogenated alkanes) is 1. The molecule has 1 aromatic rings. The summed E-state index contributed by atoms with van der Waals surface area (Å²) in [6.07, 6.45) is 3.35. The summed E-state index contributed by atoms with van der Waals surface area (Å²) in [4.78, 5) is 0. The van der Waals surface area contributed by atoms with E-state index < -0.39 is 0 Å². The van der Waals surface area contributed by atoms with Crippen LogP contribution in [-0.2, 0) is 6.42 Å². The average molecular weight is 251 g/mol. The molecule has 2 heteroatoms. The van der Waals surface area contributed by atoms with E-state index in [0.29, 0.717) is 0 Å². The molecule has 0 aliphatic rings. The van der Waals surface area contributed by atoms with Gasteiger partial charge in [-0.3, -0.25) is 0 Å². The molecular weight excluding hydrogens is 225 g/mol. The summed E-state index contributed by atoms with van der Waals surface area (Å²) in [5, 5.41) is 3.49. The van der Waals surface area contributed by atoms with Crippen LogP contribution in [0.25, 0.3) is 0 Å². The van der Waals surface area contributed by atoms with Gasteiger partial charge in [0.25, 0.3) is 0 Å². The van der Waals surface area contributed by atoms with Gasteiger partial charge in [-0.1, -0.05) is 0 Å². The molecule has 1 nitrogen and oxygen atoms in total. The zero-order valence-corrected chi connectivity index (χ0v) is 12.4. The first-order valence-electron chi connectivity index (χ1n) is 6.80. The van der Waals surface area contributed by atoms with Crippen LogP contribution in [0.3, 0.4) is 0 Å². The number of aryl methyl sites for hydroxylation is 2. The first kappa shape index (κ1) is 15.2. The van der Waals surface area contributed by atoms with E-state index in [-0.39, 0.29) is 11.4 Å². The summed E-state index contributed by atoms with van der Waals surface area (Å²) in [5.74, 6) is -0.122. The minimum Gasteiger partial charge on any atom is -0.312 e. The third-order valence-electron chi connectivity index (χ3n) is 3.17. The summed E-state index contributed by atoms with van der Waals surface area (Å²) in [6, 6.07) is 3.27. The lowest BCUT2D eigenvalue weighted by atomic mass is 9.97. The van der Waals surface area contributed by atoms with E-state index in [0.717, 1.165) is 36.9 Å². The van der Waals surface area contributed by atoms with Crippen LogP contribution in [0.15, 0.2) is 12.1 Å². The Hall–Kier alpha value is -0.890. The van der Waals surface area contributed by atoms with Gasteiger partial charge in [-0.05, 0) is 89.2 Å². The molecule has 1 rings (SSSR count). The molecule has 0 aliphatic heterocycles. The monoisotopic (exact) mass is 251 g/mol. The Bertz CT molecular complexity index is 368. The third-order valence-corrected chi connectivity index (χ3v) is 3.17. The first-order chi connectivity index (χ1) is 8.29. The fourth-order valence-corrected chi connectivity index (χ4v) is 2.23. The van der Waals surface area contributed by atoms with Gasteiger partial charge >= 0.3 is 0 Å². The smallest absolute Gasteiger partial charge is 0.123 e. The zero-order valence-electron chi connectivity index (χ0n) is 12.4. The van der Waals surface area contributed by atoms with Gasteiger partial charge < -0.3 is 5.32 Å². The number of benzene rings is 1. The van der Waals surface area contributed by atoms with E-state index >= 15 is 0 Å². The molecule has 0 aromatic heterocycles. The van der Waals surface area contributed by atoms with Crippen molar-refractivity contribution in [1.29, 1.82) is 0 Å². The van der Waals surface area contributed by atoms with Crippen molar-refractivity contribution >= 4 is 0 Å². The van der Waals surface area contributed by atoms with Crippen LogP contribution in [0.4, 0.5) is 4.39 Å². The second-order valence-corrected chi connectivity index (χ2v) is 6.15. The lowest BCUT2D eigenvalue weighted by Gasteiger charge is -2.20. The lowest BCUT2D eigenvalue weighted by Crippen LogP contribution is -2.36. The number of rotatable bonds is 5. The summed E-state index contributed by atoms with van der Waals surface area (Å²) in [7, 11) is 0. The number of hydrogen-bond donors (Lipinski definition) is 1. The van der Waals surface area contributed by atoms with Crippen molar-refractivity contribution in [2.24, 2.45) is 0 Å². The van der Waals surface area contributed by atoms with Crippen LogP contribution in [0.5, 0.6) is 0 Å². The van der Waals surface area contributed by atoms with Crippen molar-refractivity contribution in [3.8, 4) is 0 Å². The van der Waals surface area contributed by atoms with Crippen molar-refractivity contribution in [1.82, 2.24) is 5.32 Å². The number of nitrogens with one attached hydrogen (secondary N) is 1. The highest BCUT2D eigenvalue weighted by molar-refractivity contribution is 5.34. The highest BCUT2D eigenvalue weighted by Gasteiger charge is 2.08. The maximum Gasteiger partial charge on any atom is 0.123 e. The largest absolute Gasteiger partial charge is 0.312 e. The summed E-state index contributed by atoms with van der Waals surface area (Å²) in [5.41, 5.74) is 3.67. The molecule has 0 fully saturated rings. The average Bonchev–Trinajstić information content (AvgIpc) is 2.19. The molecule has 0 saturated heterocycles. The molecule has 0 aliphatic carbocycles. The van der Waals surface area contributed by atoms with Gasteiger partial charge in [0, 0.05) is 5.54 Å². The first-order valence-corrected chi connectivity index (χ1v) is 6.80. The fraction of sp³-hybridized carbons (Fsp3) is 0.625. The maximum atomic E-state index is 13.2. The standard InChI is InChI=1S/C16H26FN/c1-12-10-14(17)11-13(2)15(12)8-6-7-9-18-16(3,4)5/h10-11,18H,6-9H2,1-5H3. The van der Waals surface area contributed by atoms with Gasteiger partial charge in [0.2, 0.25) is 0 Å². The number of halogens is 1. The van der Waals surface area contributed by atoms with E-state index in [4.69, 9.17) is 0 Å². The van der Waals surface area contributed by atoms with Crippen molar-refractivity contribution in [2.75, 3.05) is 6.54 Å². The Kier molecular flexibility index (Phi) is 5.33. The molecule has 0 unspecified atom stereocenters. The molecule has 1 aromatic carbocycles. The van der Waals surface area contributed by atoms with Gasteiger partial charge in [0.05, 0.1) is 0 Å². The highest BCUT2D eigenvalue weighted by Crippen LogP contribution is 2.18. The minimum atomic E-state index is -0.122. The van der Waals surface area contributed by atoms with Gasteiger partial charge in [-0.15, -0.1) is 0 Å². The van der Waals surface area contributed by atoms with Gasteiger partial charge in [-0.2, -0.15) is 0 Å². The molecule has 0 atom stereocenters. The Labute approximate surface area is 111 Å². The summed E-state index contributed by atoms with van der Waals surface area (Å²) >= 11 is 0. The highest BCUT2D eigenvalue weighted by atomic mass is 19.1. The molecule has 18 heavy (non-hydrogen) atoms. The molecule has 0 radical (unpaired) electrons. The second kappa shape index (κ2) is 6.33. The molecule has 0 amide bonds. The van der Waals surface area contributed by atoms with Crippen LogP contribution in [0.1, 0.15) is 50.3 Å². The van der Waals surface area contributed by atoms with E-state index in [9.17, 15) is 4.39 Å². The van der Waals surface area contributed by atoms with Crippen LogP contribution >= 0.6 is 0 Å². The molecule has 102 valence electrons. The van der Waals surface area contributed by atoms with E-state index in [1.165, 1.54) is 5.56 Å². The number of hydrogen-bond acceptors (Lipinski definition) is 1. The molecule has 0 spiro atoms. The molecule has 1 N–H and O–H groups in total. The molecular formula is C16H26FN. The normalized spacial score (nSPS) is 11.9. The fourth-order valence-electron chi connectivity index (χ4n) is 2.23. The minimum absolute atomic E-state index is 0.122. The summed E-state index contributed by atoms with van der Waals surface area (Å²) in [6.45, 7) is 11.6. The van der Waals surface area contributed by atoms with E-state index in [2.05, 4.69) is 26.1 Å². The Balaban J connectivity index is 2.41. The van der Waals surface area contributed by atoms with Crippen molar-refractivity contribution in [3.63, 3.8) is 0 Å². The van der Waals surface area contributed by atoms with Crippen LogP contribution < -0.4 is 5.32 Å². The van der Waals surface area contributed by atoms with Gasteiger partial charge in [-0.25, -0.2) is 4.39 Å². The van der Waals surface area contributed by atoms with Crippen molar-refractivity contribution in [3.05, 3.63) is 34.6 Å². The SMILES string of the molecule is Cc1cc(F)cc(C)c1CCCCNC(C)(C)C. The quantitative estimate of drug-likeness (QED) is 0.775. The van der Waals surface area contributed by atoms with Crippen LogP contribution in [0, 0.1) is 19.7 Å². The molecule has 0 saturated carbocycles. The van der Waals surface area contributed by atoms with E-state index in [1.807, 2.05) is 13.8 Å². The van der Waals surface area contributed by atoms with Gasteiger partial charge in [0.15, 0.2) is 0 Å². The third kappa shape index (κ3) is 5.18. The van der Waals surface area contributed by atoms with Crippen LogP contribution in [-0.4, -0.2) is 12.1 Å². The van der Waals surface area contributed by atoms with Crippen molar-refractivity contribution in [2.45, 2.75) is 59.4 Å². The van der Waals surface area contributed by atoms with Crippen LogP contribution in [0.2, 0.25) is 0 Å². The van der Waals surface area contributed by atoms with Crippen molar-refractivity contribution < 1.29 is 4.39 Å². The Morgan fingerprint density at radius 1 is 1.06 bits per heavy atom. The molecule has 0 heterocycles. The Morgan fingerprint density at radius 3 is 2.11 bits per heavy atom. The maximum absolute atomic E-state index is 13.2. The lowest BCUT2D eigenvalue weighted by molar-refractivity contribution is 0.418. The molecule has 0 bridgehead atoms. The predicted octanol–water partition coefficient (Wildman–Crippen LogP) is 4.15. The van der Waals surface area contributed by atoms with E-state index in [1.54, 1.807) is 12.1 Å². The topological polar surface area (TPSA) is 12.0 Å². The predicted molar refractivity (Wildman–Crippen MR) is 76.6 cm³/mol.